The van der Waals surface area contributed by atoms with Gasteiger partial charge in [0.05, 0.1) is 24.2 Å². The first-order valence-corrected chi connectivity index (χ1v) is 6.21. The molecular formula is C13H14N2O6. The fraction of sp³-hybridized carbons (Fsp3) is 0.385. The summed E-state index contributed by atoms with van der Waals surface area (Å²) in [5, 5.41) is 22.4. The molecule has 112 valence electrons. The molecule has 1 heterocycles. The first kappa shape index (κ1) is 14.9. The maximum absolute atomic E-state index is 12.1. The van der Waals surface area contributed by atoms with Crippen molar-refractivity contribution in [1.82, 2.24) is 5.32 Å². The number of rotatable bonds is 4. The van der Waals surface area contributed by atoms with Gasteiger partial charge in [0.15, 0.2) is 0 Å². The van der Waals surface area contributed by atoms with Gasteiger partial charge in [-0.25, -0.2) is 0 Å². The lowest BCUT2D eigenvalue weighted by Gasteiger charge is -2.25. The minimum atomic E-state index is -1.18. The van der Waals surface area contributed by atoms with E-state index in [9.17, 15) is 24.8 Å². The second kappa shape index (κ2) is 5.49. The molecule has 1 fully saturated rings. The van der Waals surface area contributed by atoms with E-state index in [1.165, 1.54) is 31.2 Å². The van der Waals surface area contributed by atoms with Crippen LogP contribution in [0, 0.1) is 15.5 Å². The van der Waals surface area contributed by atoms with Crippen LogP contribution in [0.1, 0.15) is 17.3 Å². The lowest BCUT2D eigenvalue weighted by molar-refractivity contribution is -0.384. The highest BCUT2D eigenvalue weighted by Crippen LogP contribution is 2.29. The highest BCUT2D eigenvalue weighted by molar-refractivity contribution is 5.95. The van der Waals surface area contributed by atoms with Crippen molar-refractivity contribution in [2.75, 3.05) is 13.2 Å². The zero-order valence-electron chi connectivity index (χ0n) is 11.2. The number of hydrogen-bond donors (Lipinski definition) is 2. The molecule has 2 unspecified atom stereocenters. The Bertz CT molecular complexity index is 585. The van der Waals surface area contributed by atoms with Gasteiger partial charge >= 0.3 is 5.97 Å². The average molecular weight is 294 g/mol. The molecule has 0 aliphatic carbocycles. The number of aliphatic carboxylic acids is 1. The van der Waals surface area contributed by atoms with Gasteiger partial charge in [-0.1, -0.05) is 0 Å². The van der Waals surface area contributed by atoms with Gasteiger partial charge in [0.2, 0.25) is 0 Å². The van der Waals surface area contributed by atoms with E-state index in [4.69, 9.17) is 4.74 Å². The quantitative estimate of drug-likeness (QED) is 0.626. The highest BCUT2D eigenvalue weighted by Gasteiger charge is 2.47. The zero-order chi connectivity index (χ0) is 15.6. The van der Waals surface area contributed by atoms with Crippen LogP contribution in [0.4, 0.5) is 5.69 Å². The normalized spacial score (nSPS) is 24.5. The molecule has 1 amide bonds. The second-order valence-corrected chi connectivity index (χ2v) is 5.07. The van der Waals surface area contributed by atoms with Crippen LogP contribution in [0.3, 0.4) is 0 Å². The van der Waals surface area contributed by atoms with Crippen LogP contribution in [0.15, 0.2) is 24.3 Å². The van der Waals surface area contributed by atoms with Gasteiger partial charge in [-0.15, -0.1) is 0 Å². The molecule has 2 N–H and O–H groups in total. The molecule has 8 heteroatoms. The summed E-state index contributed by atoms with van der Waals surface area (Å²) in [6, 6.07) is 4.42. The summed E-state index contributed by atoms with van der Waals surface area (Å²) in [6.45, 7) is 1.64. The minimum Gasteiger partial charge on any atom is -0.481 e. The number of nitro groups is 1. The predicted octanol–water partition coefficient (Wildman–Crippen LogP) is 0.814. The van der Waals surface area contributed by atoms with Gasteiger partial charge in [-0.3, -0.25) is 19.7 Å². The number of hydrogen-bond acceptors (Lipinski definition) is 5. The van der Waals surface area contributed by atoms with Gasteiger partial charge in [0, 0.05) is 17.7 Å². The molecule has 2 atom stereocenters. The third-order valence-electron chi connectivity index (χ3n) is 3.59. The number of carbonyl (C=O) groups is 2. The third-order valence-corrected chi connectivity index (χ3v) is 3.59. The molecule has 21 heavy (non-hydrogen) atoms. The zero-order valence-corrected chi connectivity index (χ0v) is 11.2. The molecule has 0 radical (unpaired) electrons. The van der Waals surface area contributed by atoms with Crippen molar-refractivity contribution in [2.45, 2.75) is 13.0 Å². The Kier molecular flexibility index (Phi) is 3.90. The number of nitrogens with one attached hydrogen (secondary N) is 1. The van der Waals surface area contributed by atoms with Gasteiger partial charge in [0.25, 0.3) is 11.6 Å². The van der Waals surface area contributed by atoms with Crippen LogP contribution in [-0.4, -0.2) is 41.2 Å². The summed E-state index contributed by atoms with van der Waals surface area (Å²) in [5.41, 5.74) is -1.08. The first-order chi connectivity index (χ1) is 9.84. The fourth-order valence-corrected chi connectivity index (χ4v) is 2.06. The number of nitro benzene ring substituents is 1. The number of nitrogens with zero attached hydrogens (tertiary/aromatic N) is 1. The van der Waals surface area contributed by atoms with Crippen molar-refractivity contribution in [3.05, 3.63) is 39.9 Å². The van der Waals surface area contributed by atoms with Crippen LogP contribution in [0.2, 0.25) is 0 Å². The Hall–Kier alpha value is -2.48. The summed E-state index contributed by atoms with van der Waals surface area (Å²) < 4.78 is 5.14. The van der Waals surface area contributed by atoms with Crippen molar-refractivity contribution in [2.24, 2.45) is 5.41 Å². The number of carboxylic acid groups (broad SMARTS) is 1. The third kappa shape index (κ3) is 2.84. The summed E-state index contributed by atoms with van der Waals surface area (Å²) in [7, 11) is 0. The number of non-ortho nitro benzene ring substituents is 1. The van der Waals surface area contributed by atoms with E-state index in [-0.39, 0.29) is 24.5 Å². The SMILES string of the molecule is CC1(C(=O)O)COCC1NC(=O)c1ccc([N+](=O)[O-])cc1. The Morgan fingerprint density at radius 2 is 2.05 bits per heavy atom. The lowest BCUT2D eigenvalue weighted by atomic mass is 9.85. The largest absolute Gasteiger partial charge is 0.481 e. The van der Waals surface area contributed by atoms with Crippen LogP contribution in [0.25, 0.3) is 0 Å². The minimum absolute atomic E-state index is 0.0214. The van der Waals surface area contributed by atoms with Gasteiger partial charge < -0.3 is 15.2 Å². The number of benzene rings is 1. The standard InChI is InChI=1S/C13H14N2O6/c1-13(12(17)18)7-21-6-10(13)14-11(16)8-2-4-9(5-3-8)15(19)20/h2-5,10H,6-7H2,1H3,(H,14,16)(H,17,18). The molecule has 8 nitrogen and oxygen atoms in total. The van der Waals surface area contributed by atoms with Crippen molar-refractivity contribution < 1.29 is 24.4 Å². The average Bonchev–Trinajstić information content (AvgIpc) is 2.81. The summed E-state index contributed by atoms with van der Waals surface area (Å²) in [6.07, 6.45) is 0. The molecule has 1 aliphatic rings. The monoisotopic (exact) mass is 294 g/mol. The van der Waals surface area contributed by atoms with E-state index in [0.717, 1.165) is 0 Å². The Morgan fingerprint density at radius 1 is 1.43 bits per heavy atom. The molecule has 0 spiro atoms. The Labute approximate surface area is 119 Å². The Balaban J connectivity index is 2.11. The number of amides is 1. The molecule has 1 aliphatic heterocycles. The van der Waals surface area contributed by atoms with E-state index in [1.54, 1.807) is 0 Å². The number of carboxylic acids is 1. The molecule has 0 bridgehead atoms. The van der Waals surface area contributed by atoms with Crippen LogP contribution >= 0.6 is 0 Å². The van der Waals surface area contributed by atoms with Crippen LogP contribution < -0.4 is 5.32 Å². The Morgan fingerprint density at radius 3 is 2.57 bits per heavy atom. The summed E-state index contributed by atoms with van der Waals surface area (Å²) in [4.78, 5) is 33.3. The smallest absolute Gasteiger partial charge is 0.313 e. The first-order valence-electron chi connectivity index (χ1n) is 6.21. The molecule has 1 aromatic rings. The molecule has 1 saturated heterocycles. The topological polar surface area (TPSA) is 119 Å². The maximum Gasteiger partial charge on any atom is 0.313 e. The highest BCUT2D eigenvalue weighted by atomic mass is 16.6. The van der Waals surface area contributed by atoms with Crippen molar-refractivity contribution in [3.8, 4) is 0 Å². The van der Waals surface area contributed by atoms with Gasteiger partial charge in [-0.05, 0) is 19.1 Å². The van der Waals surface area contributed by atoms with E-state index >= 15 is 0 Å². The van der Waals surface area contributed by atoms with E-state index in [0.29, 0.717) is 0 Å². The van der Waals surface area contributed by atoms with E-state index in [2.05, 4.69) is 5.32 Å². The van der Waals surface area contributed by atoms with E-state index < -0.39 is 28.3 Å². The summed E-state index contributed by atoms with van der Waals surface area (Å²) >= 11 is 0. The second-order valence-electron chi connectivity index (χ2n) is 5.07. The van der Waals surface area contributed by atoms with Crippen LogP contribution in [0.5, 0.6) is 0 Å². The van der Waals surface area contributed by atoms with Crippen molar-refractivity contribution in [1.29, 1.82) is 0 Å². The lowest BCUT2D eigenvalue weighted by Crippen LogP contribution is -2.49. The van der Waals surface area contributed by atoms with Crippen LogP contribution in [-0.2, 0) is 9.53 Å². The molecule has 0 aromatic heterocycles. The molecule has 2 rings (SSSR count). The fourth-order valence-electron chi connectivity index (χ4n) is 2.06. The van der Waals surface area contributed by atoms with Gasteiger partial charge in [0.1, 0.15) is 5.41 Å². The molecular weight excluding hydrogens is 280 g/mol. The number of carbonyl (C=O) groups excluding carboxylic acids is 1. The van der Waals surface area contributed by atoms with E-state index in [1.807, 2.05) is 0 Å². The van der Waals surface area contributed by atoms with Gasteiger partial charge in [-0.2, -0.15) is 0 Å². The number of ether oxygens (including phenoxy) is 1. The predicted molar refractivity (Wildman–Crippen MR) is 70.9 cm³/mol. The maximum atomic E-state index is 12.1. The summed E-state index contributed by atoms with van der Waals surface area (Å²) in [5.74, 6) is -1.54. The molecule has 0 saturated carbocycles. The molecule has 1 aromatic carbocycles. The van der Waals surface area contributed by atoms with Crippen molar-refractivity contribution in [3.63, 3.8) is 0 Å². The van der Waals surface area contributed by atoms with Crippen molar-refractivity contribution >= 4 is 17.6 Å².